The van der Waals surface area contributed by atoms with Crippen molar-refractivity contribution in [1.82, 2.24) is 0 Å². The smallest absolute Gasteiger partial charge is 0.140 e. The van der Waals surface area contributed by atoms with E-state index in [-0.39, 0.29) is 10.9 Å². The largest absolute Gasteiger partial charge is 0.483 e. The zero-order valence-corrected chi connectivity index (χ0v) is 21.7. The van der Waals surface area contributed by atoms with Crippen molar-refractivity contribution in [3.63, 3.8) is 0 Å². The van der Waals surface area contributed by atoms with E-state index in [1.165, 1.54) is 5.57 Å². The van der Waals surface area contributed by atoms with Gasteiger partial charge in [0.1, 0.15) is 11.9 Å². The van der Waals surface area contributed by atoms with Crippen molar-refractivity contribution >= 4 is 45.0 Å². The molecule has 0 bridgehead atoms. The number of allylic oxidation sites excluding steroid dienone is 2. The van der Waals surface area contributed by atoms with E-state index in [1.807, 2.05) is 24.3 Å². The van der Waals surface area contributed by atoms with Crippen LogP contribution < -0.4 is 4.74 Å². The number of halogens is 1. The van der Waals surface area contributed by atoms with Gasteiger partial charge in [-0.05, 0) is 33.4 Å². The van der Waals surface area contributed by atoms with Crippen LogP contribution in [-0.4, -0.2) is 34.5 Å². The molecule has 0 aromatic heterocycles. The predicted molar refractivity (Wildman–Crippen MR) is 158 cm³/mol. The number of benzene rings is 4. The van der Waals surface area contributed by atoms with Crippen LogP contribution in [0.5, 0.6) is 5.75 Å². The minimum atomic E-state index is -1.53. The molecule has 0 spiro atoms. The highest BCUT2D eigenvalue weighted by Crippen LogP contribution is 2.60. The molecule has 0 saturated heterocycles. The fourth-order valence-electron chi connectivity index (χ4n) is 6.41. The quantitative estimate of drug-likeness (QED) is 0.210. The van der Waals surface area contributed by atoms with E-state index < -0.39 is 10.5 Å². The Labute approximate surface area is 230 Å². The standard InChI is InChI=1S/C32H20B3BrO/c33-32(34,35)31(26-12-3-1-7-22(26)23-8-2-4-13-27(23)31)20-17-15-19(16-18-20)21-9-5-10-24-25-11-6-14-28(36)30(25)37-29(21)24/h1-18,28,30H. The fraction of sp³-hybridized carbons (Fsp3) is 0.125. The second-order valence-electron chi connectivity index (χ2n) is 10.0. The monoisotopic (exact) mass is 532 g/mol. The van der Waals surface area contributed by atoms with Crippen LogP contribution in [0.4, 0.5) is 0 Å². The number of para-hydroxylation sites is 1. The third-order valence-electron chi connectivity index (χ3n) is 7.97. The van der Waals surface area contributed by atoms with E-state index in [2.05, 4.69) is 101 Å². The van der Waals surface area contributed by atoms with Gasteiger partial charge in [0.05, 0.1) is 28.4 Å². The molecule has 0 fully saturated rings. The lowest BCUT2D eigenvalue weighted by Crippen LogP contribution is -2.42. The first-order valence-corrected chi connectivity index (χ1v) is 13.3. The molecule has 170 valence electrons. The molecule has 0 saturated carbocycles. The lowest BCUT2D eigenvalue weighted by molar-refractivity contribution is 0.286. The Morgan fingerprint density at radius 1 is 0.703 bits per heavy atom. The third kappa shape index (κ3) is 3.13. The first kappa shape index (κ1) is 23.0. The maximum atomic E-state index is 6.66. The van der Waals surface area contributed by atoms with Gasteiger partial charge in [-0.3, -0.25) is 0 Å². The lowest BCUT2D eigenvalue weighted by Gasteiger charge is -2.46. The summed E-state index contributed by atoms with van der Waals surface area (Å²) in [6.45, 7) is 0. The van der Waals surface area contributed by atoms with Gasteiger partial charge in [-0.2, -0.15) is 0 Å². The molecule has 0 amide bonds. The molecule has 4 aromatic carbocycles. The van der Waals surface area contributed by atoms with Crippen LogP contribution in [-0.2, 0) is 5.41 Å². The normalized spacial score (nSPS) is 20.3. The van der Waals surface area contributed by atoms with Crippen molar-refractivity contribution in [1.29, 1.82) is 0 Å². The Kier molecular flexibility index (Phi) is 5.07. The minimum absolute atomic E-state index is 0.0254. The fourth-order valence-corrected chi connectivity index (χ4v) is 6.98. The topological polar surface area (TPSA) is 9.23 Å². The van der Waals surface area contributed by atoms with Crippen molar-refractivity contribution in [3.05, 3.63) is 131 Å². The molecule has 2 atom stereocenters. The number of ether oxygens (including phenoxy) is 1. The van der Waals surface area contributed by atoms with Gasteiger partial charge >= 0.3 is 0 Å². The van der Waals surface area contributed by atoms with E-state index in [0.717, 1.165) is 50.3 Å². The summed E-state index contributed by atoms with van der Waals surface area (Å²) in [4.78, 5) is 0.143. The SMILES string of the molecule is [B]C([B])([B])C1(c2ccc(-c3cccc4c3OC3C4=CC=CC3Br)cc2)c2ccccc2-c2ccccc21. The average Bonchev–Trinajstić information content (AvgIpc) is 3.44. The summed E-state index contributed by atoms with van der Waals surface area (Å²) in [7, 11) is 20.0. The van der Waals surface area contributed by atoms with Gasteiger partial charge in [0.25, 0.3) is 0 Å². The summed E-state index contributed by atoms with van der Waals surface area (Å²) >= 11 is 3.75. The zero-order valence-electron chi connectivity index (χ0n) is 20.1. The zero-order chi connectivity index (χ0) is 25.4. The van der Waals surface area contributed by atoms with Crippen molar-refractivity contribution in [2.24, 2.45) is 0 Å². The summed E-state index contributed by atoms with van der Waals surface area (Å²) in [5.41, 5.74) is 8.77. The van der Waals surface area contributed by atoms with Crippen molar-refractivity contribution in [2.45, 2.75) is 21.5 Å². The molecule has 1 aliphatic heterocycles. The van der Waals surface area contributed by atoms with Crippen LogP contribution in [0, 0.1) is 0 Å². The summed E-state index contributed by atoms with van der Waals surface area (Å²) in [6.07, 6.45) is 6.32. The number of hydrogen-bond donors (Lipinski definition) is 0. The Bertz CT molecular complexity index is 1570. The third-order valence-corrected chi connectivity index (χ3v) is 8.75. The minimum Gasteiger partial charge on any atom is -0.483 e. The van der Waals surface area contributed by atoms with Gasteiger partial charge in [-0.15, -0.1) is 5.11 Å². The van der Waals surface area contributed by atoms with Gasteiger partial charge in [0.2, 0.25) is 0 Å². The van der Waals surface area contributed by atoms with Crippen LogP contribution in [0.25, 0.3) is 27.8 Å². The summed E-state index contributed by atoms with van der Waals surface area (Å²) in [6, 6.07) is 31.3. The Morgan fingerprint density at radius 2 is 1.30 bits per heavy atom. The van der Waals surface area contributed by atoms with Crippen LogP contribution in [0.2, 0.25) is 5.11 Å². The van der Waals surface area contributed by atoms with Gasteiger partial charge in [0.15, 0.2) is 0 Å². The molecular weight excluding hydrogens is 513 g/mol. The number of fused-ring (bicyclic) bond motifs is 6. The van der Waals surface area contributed by atoms with Crippen molar-refractivity contribution in [3.8, 4) is 28.0 Å². The predicted octanol–water partition coefficient (Wildman–Crippen LogP) is 6.73. The van der Waals surface area contributed by atoms with Crippen molar-refractivity contribution in [2.75, 3.05) is 0 Å². The van der Waals surface area contributed by atoms with Crippen LogP contribution in [0.15, 0.2) is 109 Å². The Balaban J connectivity index is 1.38. The van der Waals surface area contributed by atoms with E-state index in [9.17, 15) is 0 Å². The molecule has 4 aromatic rings. The average molecular weight is 533 g/mol. The van der Waals surface area contributed by atoms with Gasteiger partial charge in [-0.25, -0.2) is 0 Å². The second kappa shape index (κ2) is 8.17. The second-order valence-corrected chi connectivity index (χ2v) is 11.1. The van der Waals surface area contributed by atoms with Crippen LogP contribution in [0.1, 0.15) is 22.3 Å². The number of rotatable bonds is 3. The molecule has 0 N–H and O–H groups in total. The maximum Gasteiger partial charge on any atom is 0.140 e. The molecule has 5 heteroatoms. The first-order valence-electron chi connectivity index (χ1n) is 12.4. The van der Waals surface area contributed by atoms with Crippen molar-refractivity contribution < 1.29 is 4.74 Å². The lowest BCUT2D eigenvalue weighted by atomic mass is 9.30. The molecule has 2 unspecified atom stereocenters. The van der Waals surface area contributed by atoms with E-state index in [1.54, 1.807) is 0 Å². The number of alkyl halides is 1. The van der Waals surface area contributed by atoms with Crippen LogP contribution in [0.3, 0.4) is 0 Å². The van der Waals surface area contributed by atoms with Gasteiger partial charge in [-0.1, -0.05) is 125 Å². The summed E-state index contributed by atoms with van der Waals surface area (Å²) in [5.74, 6) is 0.914. The molecule has 1 nitrogen and oxygen atoms in total. The Hall–Kier alpha value is -3.17. The van der Waals surface area contributed by atoms with Gasteiger partial charge in [0, 0.05) is 22.1 Å². The highest BCUT2D eigenvalue weighted by atomic mass is 79.9. The number of hydrogen-bond acceptors (Lipinski definition) is 1. The molecule has 1 heterocycles. The first-order chi connectivity index (χ1) is 17.9. The van der Waals surface area contributed by atoms with E-state index in [0.29, 0.717) is 0 Å². The van der Waals surface area contributed by atoms with E-state index in [4.69, 9.17) is 28.3 Å². The molecule has 7 rings (SSSR count). The molecular formula is C32H20B3BrO. The summed E-state index contributed by atoms with van der Waals surface area (Å²) in [5, 5.41) is -1.53. The molecule has 37 heavy (non-hydrogen) atoms. The summed E-state index contributed by atoms with van der Waals surface area (Å²) < 4.78 is 6.48. The maximum absolute atomic E-state index is 6.66. The molecule has 3 aliphatic rings. The van der Waals surface area contributed by atoms with E-state index >= 15 is 0 Å². The molecule has 2 aliphatic carbocycles. The highest BCUT2D eigenvalue weighted by molar-refractivity contribution is 9.09. The highest BCUT2D eigenvalue weighted by Gasteiger charge is 2.50. The Morgan fingerprint density at radius 3 is 1.95 bits per heavy atom. The van der Waals surface area contributed by atoms with Gasteiger partial charge < -0.3 is 4.74 Å². The van der Waals surface area contributed by atoms with Crippen LogP contribution >= 0.6 is 15.9 Å². The molecule has 6 radical (unpaired) electrons.